The number of ether oxygens (including phenoxy) is 1. The average Bonchev–Trinajstić information content (AvgIpc) is 2.99. The van der Waals surface area contributed by atoms with Gasteiger partial charge in [-0.1, -0.05) is 0 Å². The lowest BCUT2D eigenvalue weighted by atomic mass is 10.2. The number of carboxylic acid groups (broad SMARTS) is 1. The van der Waals surface area contributed by atoms with Gasteiger partial charge in [0.1, 0.15) is 11.8 Å². The fraction of sp³-hybridized carbons (Fsp3) is 0.500. The zero-order chi connectivity index (χ0) is 25.7. The highest BCUT2D eigenvalue weighted by atomic mass is 19.3. The van der Waals surface area contributed by atoms with Crippen molar-refractivity contribution in [1.82, 2.24) is 15.8 Å². The molecule has 15 heteroatoms. The Hall–Kier alpha value is -3.62. The van der Waals surface area contributed by atoms with E-state index in [0.29, 0.717) is 0 Å². The first-order valence-corrected chi connectivity index (χ1v) is 10.6. The number of benzene rings is 1. The van der Waals surface area contributed by atoms with Crippen LogP contribution in [0, 0.1) is 11.6 Å². The molecule has 3 N–H and O–H groups in total. The number of halogens is 4. The lowest BCUT2D eigenvalue weighted by molar-refractivity contribution is -0.141. The maximum absolute atomic E-state index is 14.9. The highest BCUT2D eigenvalue weighted by molar-refractivity contribution is 5.90. The van der Waals surface area contributed by atoms with E-state index in [2.05, 4.69) is 5.43 Å². The van der Waals surface area contributed by atoms with Crippen molar-refractivity contribution in [1.29, 1.82) is 0 Å². The van der Waals surface area contributed by atoms with Crippen molar-refractivity contribution in [3.63, 3.8) is 0 Å². The minimum atomic E-state index is -3.23. The Labute approximate surface area is 196 Å². The summed E-state index contributed by atoms with van der Waals surface area (Å²) in [6.07, 6.45) is -5.75. The molecule has 1 atom stereocenters. The van der Waals surface area contributed by atoms with Crippen LogP contribution >= 0.6 is 0 Å². The highest BCUT2D eigenvalue weighted by Crippen LogP contribution is 2.31. The van der Waals surface area contributed by atoms with E-state index in [1.807, 2.05) is 5.32 Å². The minimum Gasteiger partial charge on any atom is -0.481 e. The van der Waals surface area contributed by atoms with Crippen LogP contribution in [0.3, 0.4) is 0 Å². The molecular formula is C20H23F4N5O6. The molecular weight excluding hydrogens is 482 g/mol. The van der Waals surface area contributed by atoms with Gasteiger partial charge < -0.3 is 20.1 Å². The molecule has 0 radical (unpaired) electrons. The van der Waals surface area contributed by atoms with Crippen molar-refractivity contribution in [2.75, 3.05) is 49.1 Å². The Morgan fingerprint density at radius 3 is 2.46 bits per heavy atom. The molecule has 2 heterocycles. The van der Waals surface area contributed by atoms with E-state index in [-0.39, 0.29) is 56.9 Å². The van der Waals surface area contributed by atoms with E-state index in [9.17, 15) is 36.7 Å². The van der Waals surface area contributed by atoms with Gasteiger partial charge >= 0.3 is 18.5 Å². The van der Waals surface area contributed by atoms with Crippen LogP contribution < -0.4 is 20.5 Å². The van der Waals surface area contributed by atoms with Gasteiger partial charge in [0.2, 0.25) is 5.91 Å². The molecule has 2 aliphatic heterocycles. The number of hydrazine groups is 1. The standard InChI is InChI=1S/C20H23F4N5O6/c21-13-7-11(28-10-12(35-20(28)34)9-25-19(33)18(23)24)8-14(22)17(13)27-4-3-26-29(6-5-27)15(30)1-2-16(31)32/h7-8,12,18,26H,1-6,9-10H2,(H,25,33)(H,31,32)/t12-/m0/s1. The van der Waals surface area contributed by atoms with Gasteiger partial charge in [0, 0.05) is 38.2 Å². The third-order valence-electron chi connectivity index (χ3n) is 5.34. The SMILES string of the molecule is O=C(O)CCC(=O)N1CCN(c2c(F)cc(N3C[C@H](CNC(=O)C(F)F)OC3=O)cc2F)CCN1. The van der Waals surface area contributed by atoms with E-state index >= 15 is 0 Å². The van der Waals surface area contributed by atoms with Crippen molar-refractivity contribution in [2.24, 2.45) is 0 Å². The predicted molar refractivity (Wildman–Crippen MR) is 112 cm³/mol. The topological polar surface area (TPSA) is 132 Å². The number of amides is 3. The van der Waals surface area contributed by atoms with Gasteiger partial charge in [-0.15, -0.1) is 0 Å². The number of alkyl halides is 2. The van der Waals surface area contributed by atoms with Crippen LogP contribution in [0.25, 0.3) is 0 Å². The molecule has 35 heavy (non-hydrogen) atoms. The van der Waals surface area contributed by atoms with Gasteiger partial charge in [-0.3, -0.25) is 24.3 Å². The Morgan fingerprint density at radius 2 is 1.83 bits per heavy atom. The Balaban J connectivity index is 1.65. The molecule has 0 unspecified atom stereocenters. The summed E-state index contributed by atoms with van der Waals surface area (Å²) in [4.78, 5) is 48.2. The molecule has 0 bridgehead atoms. The van der Waals surface area contributed by atoms with Crippen molar-refractivity contribution < 1.29 is 46.6 Å². The van der Waals surface area contributed by atoms with Gasteiger partial charge in [-0.05, 0) is 0 Å². The first-order chi connectivity index (χ1) is 16.6. The molecule has 3 amide bonds. The number of aliphatic carboxylic acids is 1. The largest absolute Gasteiger partial charge is 0.481 e. The van der Waals surface area contributed by atoms with Crippen LogP contribution in [-0.2, 0) is 19.1 Å². The maximum Gasteiger partial charge on any atom is 0.414 e. The minimum absolute atomic E-state index is 0.0452. The molecule has 0 aliphatic carbocycles. The summed E-state index contributed by atoms with van der Waals surface area (Å²) >= 11 is 0. The number of anilines is 2. The lowest BCUT2D eigenvalue weighted by Gasteiger charge is -2.25. The Morgan fingerprint density at radius 1 is 1.14 bits per heavy atom. The van der Waals surface area contributed by atoms with Crippen LogP contribution in [0.5, 0.6) is 0 Å². The number of rotatable bonds is 8. The zero-order valence-corrected chi connectivity index (χ0v) is 18.3. The summed E-state index contributed by atoms with van der Waals surface area (Å²) in [6.45, 7) is -0.226. The fourth-order valence-electron chi connectivity index (χ4n) is 3.66. The van der Waals surface area contributed by atoms with Crippen molar-refractivity contribution in [3.05, 3.63) is 23.8 Å². The third kappa shape index (κ3) is 6.49. The molecule has 11 nitrogen and oxygen atoms in total. The van der Waals surface area contributed by atoms with E-state index in [0.717, 1.165) is 17.0 Å². The van der Waals surface area contributed by atoms with Crippen molar-refractivity contribution in [2.45, 2.75) is 25.4 Å². The van der Waals surface area contributed by atoms with Crippen molar-refractivity contribution >= 4 is 35.3 Å². The lowest BCUT2D eigenvalue weighted by Crippen LogP contribution is -2.43. The first kappa shape index (κ1) is 26.0. The Bertz CT molecular complexity index is 974. The van der Waals surface area contributed by atoms with Crippen LogP contribution in [-0.4, -0.2) is 85.8 Å². The van der Waals surface area contributed by atoms with Crippen molar-refractivity contribution in [3.8, 4) is 0 Å². The number of carboxylic acids is 1. The van der Waals surface area contributed by atoms with E-state index in [1.54, 1.807) is 0 Å². The maximum atomic E-state index is 14.9. The van der Waals surface area contributed by atoms with Crippen LogP contribution in [0.2, 0.25) is 0 Å². The second-order valence-electron chi connectivity index (χ2n) is 7.75. The van der Waals surface area contributed by atoms with Gasteiger partial charge in [0.05, 0.1) is 31.7 Å². The number of cyclic esters (lactones) is 1. The normalized spacial score (nSPS) is 18.5. The average molecular weight is 505 g/mol. The van der Waals surface area contributed by atoms with E-state index in [4.69, 9.17) is 9.84 Å². The smallest absolute Gasteiger partial charge is 0.414 e. The van der Waals surface area contributed by atoms with Crippen LogP contribution in [0.1, 0.15) is 12.8 Å². The zero-order valence-electron chi connectivity index (χ0n) is 18.3. The molecule has 3 rings (SSSR count). The first-order valence-electron chi connectivity index (χ1n) is 10.6. The second-order valence-corrected chi connectivity index (χ2v) is 7.75. The quantitative estimate of drug-likeness (QED) is 0.440. The summed E-state index contributed by atoms with van der Waals surface area (Å²) in [5, 5.41) is 11.8. The van der Waals surface area contributed by atoms with Gasteiger partial charge in [-0.2, -0.15) is 8.78 Å². The summed E-state index contributed by atoms with van der Waals surface area (Å²) in [5.41, 5.74) is 2.27. The van der Waals surface area contributed by atoms with E-state index in [1.165, 1.54) is 9.91 Å². The predicted octanol–water partition coefficient (Wildman–Crippen LogP) is 0.689. The molecule has 0 aromatic heterocycles. The Kier molecular flexibility index (Phi) is 8.32. The second kappa shape index (κ2) is 11.2. The summed E-state index contributed by atoms with van der Waals surface area (Å²) < 4.78 is 59.4. The number of carbonyl (C=O) groups is 4. The number of hydrogen-bond donors (Lipinski definition) is 3. The summed E-state index contributed by atoms with van der Waals surface area (Å²) in [6, 6.07) is 1.85. The molecule has 0 saturated carbocycles. The van der Waals surface area contributed by atoms with Crippen LogP contribution in [0.4, 0.5) is 33.7 Å². The molecule has 1 aromatic rings. The monoisotopic (exact) mass is 505 g/mol. The van der Waals surface area contributed by atoms with Gasteiger partial charge in [0.25, 0.3) is 5.91 Å². The van der Waals surface area contributed by atoms with Crippen LogP contribution in [0.15, 0.2) is 12.1 Å². The molecule has 0 spiro atoms. The highest BCUT2D eigenvalue weighted by Gasteiger charge is 2.34. The molecule has 2 fully saturated rings. The number of nitrogens with one attached hydrogen (secondary N) is 2. The number of nitrogens with zero attached hydrogens (tertiary/aromatic N) is 3. The molecule has 2 saturated heterocycles. The molecule has 192 valence electrons. The number of carbonyl (C=O) groups excluding carboxylic acids is 3. The summed E-state index contributed by atoms with van der Waals surface area (Å²) in [5.74, 6) is -5.07. The number of hydrogen-bond acceptors (Lipinski definition) is 7. The molecule has 1 aromatic carbocycles. The third-order valence-corrected chi connectivity index (χ3v) is 5.34. The van der Waals surface area contributed by atoms with Gasteiger partial charge in [-0.25, -0.2) is 19.0 Å². The molecule has 2 aliphatic rings. The van der Waals surface area contributed by atoms with Gasteiger partial charge in [0.15, 0.2) is 11.6 Å². The summed E-state index contributed by atoms with van der Waals surface area (Å²) in [7, 11) is 0. The van der Waals surface area contributed by atoms with E-state index < -0.39 is 54.6 Å². The fourth-order valence-corrected chi connectivity index (χ4v) is 3.66.